The van der Waals surface area contributed by atoms with Gasteiger partial charge in [0.2, 0.25) is 0 Å². The van der Waals surface area contributed by atoms with Crippen LogP contribution in [0.2, 0.25) is 0 Å². The second kappa shape index (κ2) is 3.39. The zero-order valence-corrected chi connectivity index (χ0v) is 10.6. The fourth-order valence-electron chi connectivity index (χ4n) is 4.25. The summed E-state index contributed by atoms with van der Waals surface area (Å²) in [6.07, 6.45) is 11.2. The topological polar surface area (TPSA) is 41.6 Å². The standard InChI is InChI=1S/C14H23N3/c15-13-16-9-14(17(13)12-5-6-12)7-1-2-11(8-14)10-3-4-10/h10-12H,1-9H2,(H2,15,16). The van der Waals surface area contributed by atoms with E-state index in [0.717, 1.165) is 30.4 Å². The van der Waals surface area contributed by atoms with Gasteiger partial charge in [-0.1, -0.05) is 12.8 Å². The zero-order chi connectivity index (χ0) is 11.5. The molecule has 2 atom stereocenters. The molecule has 0 saturated heterocycles. The lowest BCUT2D eigenvalue weighted by Gasteiger charge is -2.45. The van der Waals surface area contributed by atoms with E-state index in [0.29, 0.717) is 5.54 Å². The molecule has 17 heavy (non-hydrogen) atoms. The molecule has 4 aliphatic rings. The number of hydrogen-bond acceptors (Lipinski definition) is 3. The minimum absolute atomic E-state index is 0.344. The lowest BCUT2D eigenvalue weighted by atomic mass is 9.73. The van der Waals surface area contributed by atoms with Crippen molar-refractivity contribution in [3.63, 3.8) is 0 Å². The summed E-state index contributed by atoms with van der Waals surface area (Å²) in [7, 11) is 0. The van der Waals surface area contributed by atoms with Crippen molar-refractivity contribution in [3.05, 3.63) is 0 Å². The maximum atomic E-state index is 6.14. The predicted molar refractivity (Wildman–Crippen MR) is 68.8 cm³/mol. The van der Waals surface area contributed by atoms with Crippen LogP contribution >= 0.6 is 0 Å². The van der Waals surface area contributed by atoms with Crippen LogP contribution in [0.3, 0.4) is 0 Å². The molecule has 3 fully saturated rings. The van der Waals surface area contributed by atoms with Gasteiger partial charge in [-0.15, -0.1) is 0 Å². The molecule has 2 unspecified atom stereocenters. The Morgan fingerprint density at radius 3 is 2.65 bits per heavy atom. The van der Waals surface area contributed by atoms with Gasteiger partial charge in [0.1, 0.15) is 0 Å². The van der Waals surface area contributed by atoms with Gasteiger partial charge in [0.15, 0.2) is 5.96 Å². The predicted octanol–water partition coefficient (Wildman–Crippen LogP) is 2.12. The van der Waals surface area contributed by atoms with Gasteiger partial charge in [-0.25, -0.2) is 0 Å². The van der Waals surface area contributed by atoms with Crippen molar-refractivity contribution in [3.8, 4) is 0 Å². The number of nitrogens with zero attached hydrogens (tertiary/aromatic N) is 2. The number of hydrogen-bond donors (Lipinski definition) is 1. The van der Waals surface area contributed by atoms with Crippen molar-refractivity contribution in [2.24, 2.45) is 22.6 Å². The van der Waals surface area contributed by atoms with Gasteiger partial charge in [0, 0.05) is 6.04 Å². The summed E-state index contributed by atoms with van der Waals surface area (Å²) >= 11 is 0. The van der Waals surface area contributed by atoms with E-state index in [4.69, 9.17) is 5.73 Å². The third kappa shape index (κ3) is 1.58. The summed E-state index contributed by atoms with van der Waals surface area (Å²) in [6.45, 7) is 0.985. The van der Waals surface area contributed by atoms with Gasteiger partial charge < -0.3 is 10.6 Å². The molecule has 0 bridgehead atoms. The number of rotatable bonds is 2. The molecule has 0 aromatic rings. The largest absolute Gasteiger partial charge is 0.370 e. The highest BCUT2D eigenvalue weighted by molar-refractivity contribution is 5.81. The van der Waals surface area contributed by atoms with E-state index in [1.54, 1.807) is 0 Å². The smallest absolute Gasteiger partial charge is 0.192 e. The van der Waals surface area contributed by atoms with Crippen LogP contribution in [0.15, 0.2) is 4.99 Å². The molecule has 4 rings (SSSR count). The Balaban J connectivity index is 1.57. The SMILES string of the molecule is NC1=NCC2(CCCC(C3CC3)C2)N1C1CC1. The second-order valence-electron chi connectivity index (χ2n) is 6.69. The Morgan fingerprint density at radius 2 is 1.94 bits per heavy atom. The lowest BCUT2D eigenvalue weighted by Crippen LogP contribution is -2.55. The van der Waals surface area contributed by atoms with Crippen molar-refractivity contribution in [1.29, 1.82) is 0 Å². The number of guanidine groups is 1. The average molecular weight is 233 g/mol. The monoisotopic (exact) mass is 233 g/mol. The minimum atomic E-state index is 0.344. The molecular weight excluding hydrogens is 210 g/mol. The van der Waals surface area contributed by atoms with Crippen molar-refractivity contribution in [2.45, 2.75) is 62.9 Å². The highest BCUT2D eigenvalue weighted by atomic mass is 15.4. The maximum absolute atomic E-state index is 6.14. The summed E-state index contributed by atoms with van der Waals surface area (Å²) in [5.74, 6) is 2.88. The first-order valence-electron chi connectivity index (χ1n) is 7.38. The highest BCUT2D eigenvalue weighted by Gasteiger charge is 2.52. The van der Waals surface area contributed by atoms with Crippen LogP contribution in [0.25, 0.3) is 0 Å². The second-order valence-corrected chi connectivity index (χ2v) is 6.69. The van der Waals surface area contributed by atoms with Crippen LogP contribution in [-0.4, -0.2) is 29.0 Å². The average Bonchev–Trinajstić information content (AvgIpc) is 3.21. The lowest BCUT2D eigenvalue weighted by molar-refractivity contribution is 0.0942. The highest BCUT2D eigenvalue weighted by Crippen LogP contribution is 2.51. The third-order valence-electron chi connectivity index (χ3n) is 5.35. The van der Waals surface area contributed by atoms with Crippen LogP contribution in [-0.2, 0) is 0 Å². The molecule has 1 aliphatic heterocycles. The Hall–Kier alpha value is -0.730. The Bertz CT molecular complexity index is 356. The van der Waals surface area contributed by atoms with Gasteiger partial charge in [0.05, 0.1) is 12.1 Å². The van der Waals surface area contributed by atoms with Gasteiger partial charge in [0.25, 0.3) is 0 Å². The molecule has 1 spiro atoms. The van der Waals surface area contributed by atoms with Crippen LogP contribution in [0.4, 0.5) is 0 Å². The first-order chi connectivity index (χ1) is 8.28. The maximum Gasteiger partial charge on any atom is 0.192 e. The molecule has 3 nitrogen and oxygen atoms in total. The van der Waals surface area contributed by atoms with E-state index in [-0.39, 0.29) is 0 Å². The minimum Gasteiger partial charge on any atom is -0.370 e. The van der Waals surface area contributed by atoms with Gasteiger partial charge in [-0.3, -0.25) is 4.99 Å². The van der Waals surface area contributed by atoms with Gasteiger partial charge in [-0.2, -0.15) is 0 Å². The molecule has 3 aliphatic carbocycles. The molecular formula is C14H23N3. The van der Waals surface area contributed by atoms with Gasteiger partial charge >= 0.3 is 0 Å². The van der Waals surface area contributed by atoms with Crippen molar-refractivity contribution in [2.75, 3.05) is 6.54 Å². The van der Waals surface area contributed by atoms with Crippen molar-refractivity contribution in [1.82, 2.24) is 4.90 Å². The van der Waals surface area contributed by atoms with Crippen LogP contribution in [0.1, 0.15) is 51.4 Å². The molecule has 2 N–H and O–H groups in total. The molecule has 0 radical (unpaired) electrons. The first-order valence-corrected chi connectivity index (χ1v) is 7.38. The number of aliphatic imine (C=N–C) groups is 1. The quantitative estimate of drug-likeness (QED) is 0.793. The van der Waals surface area contributed by atoms with Gasteiger partial charge in [-0.05, 0) is 50.4 Å². The van der Waals surface area contributed by atoms with E-state index < -0.39 is 0 Å². The van der Waals surface area contributed by atoms with Crippen LogP contribution in [0, 0.1) is 11.8 Å². The summed E-state index contributed by atoms with van der Waals surface area (Å²) in [5.41, 5.74) is 6.48. The van der Waals surface area contributed by atoms with Crippen molar-refractivity contribution >= 4 is 5.96 Å². The van der Waals surface area contributed by atoms with E-state index >= 15 is 0 Å². The van der Waals surface area contributed by atoms with E-state index in [2.05, 4.69) is 9.89 Å². The number of nitrogens with two attached hydrogens (primary N) is 1. The summed E-state index contributed by atoms with van der Waals surface area (Å²) in [4.78, 5) is 7.12. The van der Waals surface area contributed by atoms with E-state index in [9.17, 15) is 0 Å². The van der Waals surface area contributed by atoms with Crippen molar-refractivity contribution < 1.29 is 0 Å². The normalized spacial score (nSPS) is 42.0. The Labute approximate surface area is 103 Å². The molecule has 3 saturated carbocycles. The fraction of sp³-hybridized carbons (Fsp3) is 0.929. The summed E-state index contributed by atoms with van der Waals surface area (Å²) < 4.78 is 0. The molecule has 0 aromatic carbocycles. The molecule has 0 aromatic heterocycles. The first kappa shape index (κ1) is 10.2. The van der Waals surface area contributed by atoms with Crippen LogP contribution < -0.4 is 5.73 Å². The Morgan fingerprint density at radius 1 is 1.12 bits per heavy atom. The molecule has 1 heterocycles. The molecule has 3 heteroatoms. The van der Waals surface area contributed by atoms with E-state index in [1.807, 2.05) is 0 Å². The fourth-order valence-corrected chi connectivity index (χ4v) is 4.25. The molecule has 0 amide bonds. The Kier molecular flexibility index (Phi) is 2.04. The summed E-state index contributed by atoms with van der Waals surface area (Å²) in [5, 5.41) is 0. The van der Waals surface area contributed by atoms with Crippen LogP contribution in [0.5, 0.6) is 0 Å². The third-order valence-corrected chi connectivity index (χ3v) is 5.35. The zero-order valence-electron chi connectivity index (χ0n) is 10.6. The molecule has 94 valence electrons. The van der Waals surface area contributed by atoms with E-state index in [1.165, 1.54) is 51.4 Å². The summed E-state index contributed by atoms with van der Waals surface area (Å²) in [6, 6.07) is 0.735.